The summed E-state index contributed by atoms with van der Waals surface area (Å²) in [6.07, 6.45) is 0.851. The second-order valence-electron chi connectivity index (χ2n) is 8.55. The third-order valence-electron chi connectivity index (χ3n) is 4.50. The summed E-state index contributed by atoms with van der Waals surface area (Å²) in [5.74, 6) is 0.674. The first-order chi connectivity index (χ1) is 10.5. The van der Waals surface area contributed by atoms with Crippen LogP contribution in [0.15, 0.2) is 12.1 Å². The fourth-order valence-corrected chi connectivity index (χ4v) is 4.22. The van der Waals surface area contributed by atoms with E-state index < -0.39 is 5.91 Å². The van der Waals surface area contributed by atoms with Gasteiger partial charge >= 0.3 is 0 Å². The summed E-state index contributed by atoms with van der Waals surface area (Å²) < 4.78 is 0. The minimum Gasteiger partial charge on any atom is -0.507 e. The molecule has 1 aromatic rings. The Balaban J connectivity index is 2.00. The van der Waals surface area contributed by atoms with E-state index >= 15 is 0 Å². The van der Waals surface area contributed by atoms with Crippen LogP contribution in [-0.2, 0) is 27.0 Å². The first-order valence-corrected chi connectivity index (χ1v) is 9.18. The van der Waals surface area contributed by atoms with Crippen molar-refractivity contribution in [3.8, 4) is 5.75 Å². The predicted molar refractivity (Wildman–Crippen MR) is 93.5 cm³/mol. The molecule has 2 aliphatic rings. The second-order valence-corrected chi connectivity index (χ2v) is 9.75. The number of rotatable bonds is 2. The molecule has 0 bridgehead atoms. The molecule has 2 N–H and O–H groups in total. The Labute approximate surface area is 142 Å². The largest absolute Gasteiger partial charge is 0.507 e. The maximum atomic E-state index is 10.8. The van der Waals surface area contributed by atoms with E-state index in [1.165, 1.54) is 5.56 Å². The number of phenolic OH excluding ortho intramolecular Hbond substituents is 1. The van der Waals surface area contributed by atoms with Gasteiger partial charge in [0.15, 0.2) is 0 Å². The summed E-state index contributed by atoms with van der Waals surface area (Å²) in [6, 6.07) is 4.28. The molecule has 2 saturated heterocycles. The van der Waals surface area contributed by atoms with Crippen LogP contribution in [0.3, 0.4) is 0 Å². The lowest BCUT2D eigenvalue weighted by molar-refractivity contribution is 0.0850. The number of phenols is 1. The van der Waals surface area contributed by atoms with Crippen LogP contribution in [-0.4, -0.2) is 22.1 Å². The maximum absolute atomic E-state index is 10.8. The zero-order chi connectivity index (χ0) is 17.0. The third kappa shape index (κ3) is 3.25. The summed E-state index contributed by atoms with van der Waals surface area (Å²) in [6.45, 7) is 12.8. The number of hydrogen-bond donors (Lipinski definition) is 2. The van der Waals surface area contributed by atoms with Gasteiger partial charge < -0.3 is 5.11 Å². The van der Waals surface area contributed by atoms with Crippen molar-refractivity contribution in [2.24, 2.45) is 0 Å². The Morgan fingerprint density at radius 2 is 1.65 bits per heavy atom. The van der Waals surface area contributed by atoms with E-state index in [-0.39, 0.29) is 16.1 Å². The first-order valence-electron chi connectivity index (χ1n) is 8.13. The Hall–Kier alpha value is -0.750. The third-order valence-corrected chi connectivity index (χ3v) is 5.69. The fourth-order valence-electron chi connectivity index (χ4n) is 3.04. The Kier molecular flexibility index (Phi) is 4.00. The van der Waals surface area contributed by atoms with Crippen LogP contribution in [0.1, 0.15) is 58.2 Å². The SMILES string of the molecule is CC(C)(C)c1cc(CC2SCNC23OO3)cc(C(C)(C)C)c1O. The summed E-state index contributed by atoms with van der Waals surface area (Å²) in [5.41, 5.74) is 3.01. The van der Waals surface area contributed by atoms with Crippen molar-refractivity contribution in [2.75, 3.05) is 5.88 Å². The molecule has 2 fully saturated rings. The standard InChI is InChI=1S/C18H27NO3S/c1-16(2,3)12-7-11(8-13(15(12)20)17(4,5)6)9-14-18(21-22-18)19-10-23-14/h7-8,14,19-20H,9-10H2,1-6H3. The van der Waals surface area contributed by atoms with Crippen molar-refractivity contribution >= 4 is 11.8 Å². The van der Waals surface area contributed by atoms with E-state index in [9.17, 15) is 5.11 Å². The monoisotopic (exact) mass is 337 g/mol. The van der Waals surface area contributed by atoms with Crippen LogP contribution in [0, 0.1) is 0 Å². The molecule has 3 rings (SSSR count). The zero-order valence-electron chi connectivity index (χ0n) is 14.8. The molecule has 0 aromatic heterocycles. The summed E-state index contributed by atoms with van der Waals surface area (Å²) >= 11 is 1.81. The van der Waals surface area contributed by atoms with Crippen LogP contribution in [0.4, 0.5) is 0 Å². The molecule has 1 atom stereocenters. The smallest absolute Gasteiger partial charge is 0.300 e. The lowest BCUT2D eigenvalue weighted by Gasteiger charge is -2.28. The van der Waals surface area contributed by atoms with Gasteiger partial charge in [0, 0.05) is 5.88 Å². The van der Waals surface area contributed by atoms with Crippen molar-refractivity contribution in [1.29, 1.82) is 0 Å². The predicted octanol–water partition coefficient (Wildman–Crippen LogP) is 3.81. The van der Waals surface area contributed by atoms with Gasteiger partial charge in [0.05, 0.1) is 5.25 Å². The molecule has 2 heterocycles. The molecule has 0 radical (unpaired) electrons. The molecular weight excluding hydrogens is 310 g/mol. The van der Waals surface area contributed by atoms with Crippen LogP contribution in [0.25, 0.3) is 0 Å². The number of nitrogens with one attached hydrogen (secondary N) is 1. The molecule has 4 nitrogen and oxygen atoms in total. The zero-order valence-corrected chi connectivity index (χ0v) is 15.6. The van der Waals surface area contributed by atoms with Gasteiger partial charge in [0.1, 0.15) is 5.75 Å². The van der Waals surface area contributed by atoms with Gasteiger partial charge in [-0.15, -0.1) is 11.8 Å². The minimum atomic E-state index is -0.591. The average Bonchev–Trinajstić information content (AvgIpc) is 3.06. The van der Waals surface area contributed by atoms with Crippen molar-refractivity contribution in [3.05, 3.63) is 28.8 Å². The number of thioether (sulfide) groups is 1. The number of hydrogen-bond acceptors (Lipinski definition) is 5. The van der Waals surface area contributed by atoms with Crippen LogP contribution < -0.4 is 5.32 Å². The Bertz CT molecular complexity index is 577. The van der Waals surface area contributed by atoms with Crippen LogP contribution in [0.5, 0.6) is 5.75 Å². The summed E-state index contributed by atoms with van der Waals surface area (Å²) in [4.78, 5) is 10.4. The summed E-state index contributed by atoms with van der Waals surface area (Å²) in [7, 11) is 0. The number of aromatic hydroxyl groups is 1. The highest BCUT2D eigenvalue weighted by Gasteiger charge is 2.59. The van der Waals surface area contributed by atoms with Crippen molar-refractivity contribution in [1.82, 2.24) is 5.32 Å². The lowest BCUT2D eigenvalue weighted by Crippen LogP contribution is -2.34. The van der Waals surface area contributed by atoms with Crippen LogP contribution >= 0.6 is 11.8 Å². The minimum absolute atomic E-state index is 0.106. The maximum Gasteiger partial charge on any atom is 0.300 e. The molecule has 0 saturated carbocycles. The van der Waals surface area contributed by atoms with Crippen molar-refractivity contribution in [2.45, 2.75) is 70.0 Å². The lowest BCUT2D eigenvalue weighted by atomic mass is 9.78. The van der Waals surface area contributed by atoms with E-state index in [0.29, 0.717) is 5.75 Å². The Morgan fingerprint density at radius 3 is 2.09 bits per heavy atom. The van der Waals surface area contributed by atoms with Crippen LogP contribution in [0.2, 0.25) is 0 Å². The topological polar surface area (TPSA) is 57.3 Å². The van der Waals surface area contributed by atoms with Gasteiger partial charge in [-0.2, -0.15) is 9.78 Å². The van der Waals surface area contributed by atoms with Gasteiger partial charge in [-0.3, -0.25) is 5.32 Å². The second kappa shape index (κ2) is 5.38. The van der Waals surface area contributed by atoms with E-state index in [0.717, 1.165) is 23.4 Å². The van der Waals surface area contributed by atoms with Gasteiger partial charge in [-0.25, -0.2) is 0 Å². The highest BCUT2D eigenvalue weighted by atomic mass is 32.2. The first kappa shape index (κ1) is 17.1. The normalized spacial score (nSPS) is 23.5. The molecule has 0 amide bonds. The number of benzene rings is 1. The quantitative estimate of drug-likeness (QED) is 0.635. The average molecular weight is 337 g/mol. The van der Waals surface area contributed by atoms with E-state index in [2.05, 4.69) is 59.0 Å². The fraction of sp³-hybridized carbons (Fsp3) is 0.667. The molecule has 1 aromatic carbocycles. The van der Waals surface area contributed by atoms with Crippen molar-refractivity contribution in [3.63, 3.8) is 0 Å². The Morgan fingerprint density at radius 1 is 1.13 bits per heavy atom. The van der Waals surface area contributed by atoms with E-state index in [4.69, 9.17) is 9.78 Å². The van der Waals surface area contributed by atoms with Gasteiger partial charge in [-0.05, 0) is 33.9 Å². The van der Waals surface area contributed by atoms with Crippen molar-refractivity contribution < 1.29 is 14.9 Å². The molecule has 0 aliphatic carbocycles. The van der Waals surface area contributed by atoms with Gasteiger partial charge in [-0.1, -0.05) is 53.7 Å². The molecule has 5 heteroatoms. The molecule has 1 unspecified atom stereocenters. The van der Waals surface area contributed by atoms with E-state index in [1.54, 1.807) is 0 Å². The van der Waals surface area contributed by atoms with Gasteiger partial charge in [0.25, 0.3) is 5.91 Å². The highest BCUT2D eigenvalue weighted by Crippen LogP contribution is 2.45. The summed E-state index contributed by atoms with van der Waals surface area (Å²) in [5, 5.41) is 14.3. The molecule has 2 aliphatic heterocycles. The highest BCUT2D eigenvalue weighted by molar-refractivity contribution is 8.00. The molecular formula is C18H27NO3S. The molecule has 128 valence electrons. The van der Waals surface area contributed by atoms with E-state index in [1.807, 2.05) is 11.8 Å². The van der Waals surface area contributed by atoms with Gasteiger partial charge in [0.2, 0.25) is 0 Å². The molecule has 23 heavy (non-hydrogen) atoms. The molecule has 1 spiro atoms.